The van der Waals surface area contributed by atoms with Gasteiger partial charge in [0.1, 0.15) is 17.1 Å². The average Bonchev–Trinajstić information content (AvgIpc) is 0.792. The van der Waals surface area contributed by atoms with Crippen LogP contribution in [0.15, 0.2) is 263 Å². The maximum absolute atomic E-state index is 13.1. The molecule has 8 aromatic carbocycles. The lowest BCUT2D eigenvalue weighted by Gasteiger charge is -2.15. The first kappa shape index (κ1) is 127. The quantitative estimate of drug-likeness (QED) is 0.0313. The summed E-state index contributed by atoms with van der Waals surface area (Å²) >= 11 is 0. The topological polar surface area (TPSA) is 319 Å². The molecule has 0 bridgehead atoms. The fourth-order valence-electron chi connectivity index (χ4n) is 10.8. The number of nitrogens with one attached hydrogen (secondary N) is 4. The zero-order chi connectivity index (χ0) is 103. The minimum Gasteiger partial charge on any atom is -0.618 e. The number of ketones is 4. The van der Waals surface area contributed by atoms with Gasteiger partial charge in [-0.15, -0.1) is 0 Å². The third kappa shape index (κ3) is 40.1. The van der Waals surface area contributed by atoms with Gasteiger partial charge < -0.3 is 5.21 Å². The Morgan fingerprint density at radius 3 is 0.850 bits per heavy atom. The second kappa shape index (κ2) is 67.9. The molecule has 0 amide bonds. The standard InChI is InChI=1S/2C22H22N2O3S.C20H18N2O4S.C20H18N2O3S.12C2H6/c1-14-7-9-18(10-8-14)28(26,27)24-20-13-17(4)16(3)12-19(20)22(25)21-15(2)6-5-11-23-21;1-14-8-10-18(11-9-14)28(26,27)24-21-13-16(3)15(2)12-19(21)22(25)20-7-5-6-17(4)23-20;1-14-12-17(20(23)19-10-6-7-11-22(19)24)18(13-15(14)2)21-27(25,26)16-8-4-3-5-9-16;1-14-12-17(20(23)18-10-6-7-11-21-18)19(13-15(14)2)22-26(24,25)16-8-4-3-5-9-16;12*1-2/h2*5-13,24H,1-4H3;3-13,21H,1-2H3;3-13,22H,1-2H3;12*1-2H3. The fraction of sp³-hybridized carbons (Fsp3) is 0.333. The summed E-state index contributed by atoms with van der Waals surface area (Å²) in [6, 6.07) is 60.7. The number of sulfonamides is 4. The Labute approximate surface area is 800 Å². The number of carbonyl (C=O) groups excluding carboxylic acids is 4. The maximum atomic E-state index is 13.1. The predicted octanol–water partition coefficient (Wildman–Crippen LogP) is 27.7. The zero-order valence-electron chi connectivity index (χ0n) is 85.8. The van der Waals surface area contributed by atoms with Crippen LogP contribution in [-0.4, -0.2) is 71.8 Å². The third-order valence-electron chi connectivity index (χ3n) is 17.6. The molecular formula is C108H152N8O13S4. The van der Waals surface area contributed by atoms with Crippen LogP contribution in [0.5, 0.6) is 0 Å². The molecule has 25 heteroatoms. The molecule has 0 saturated carbocycles. The number of nitrogens with zero attached hydrogens (tertiary/aromatic N) is 4. The molecule has 133 heavy (non-hydrogen) atoms. The van der Waals surface area contributed by atoms with Gasteiger partial charge in [0.05, 0.1) is 47.9 Å². The van der Waals surface area contributed by atoms with Gasteiger partial charge in [-0.2, -0.15) is 4.73 Å². The summed E-state index contributed by atoms with van der Waals surface area (Å²) in [6.45, 7) is 70.3. The fourth-order valence-corrected chi connectivity index (χ4v) is 15.2. The van der Waals surface area contributed by atoms with E-state index in [-0.39, 0.29) is 99.0 Å². The number of anilines is 4. The first-order valence-electron chi connectivity index (χ1n) is 46.0. The van der Waals surface area contributed by atoms with Crippen LogP contribution in [-0.2, 0) is 40.1 Å². The van der Waals surface area contributed by atoms with E-state index in [9.17, 15) is 58.1 Å². The van der Waals surface area contributed by atoms with Crippen LogP contribution in [0.4, 0.5) is 22.7 Å². The van der Waals surface area contributed by atoms with E-state index in [1.54, 1.807) is 208 Å². The monoisotopic (exact) mass is 1900 g/mol. The van der Waals surface area contributed by atoms with Gasteiger partial charge in [0.15, 0.2) is 6.20 Å². The number of carbonyl (C=O) groups is 4. The Balaban J connectivity index is -0.000000773. The predicted molar refractivity (Wildman–Crippen MR) is 560 cm³/mol. The van der Waals surface area contributed by atoms with Crippen LogP contribution in [0.25, 0.3) is 0 Å². The van der Waals surface area contributed by atoms with Crippen molar-refractivity contribution in [2.75, 3.05) is 18.9 Å². The van der Waals surface area contributed by atoms with Gasteiger partial charge >= 0.3 is 0 Å². The van der Waals surface area contributed by atoms with Crippen molar-refractivity contribution < 1.29 is 57.6 Å². The van der Waals surface area contributed by atoms with Crippen LogP contribution in [0, 0.1) is 88.3 Å². The molecule has 726 valence electrons. The number of aromatic nitrogens is 4. The van der Waals surface area contributed by atoms with Crippen LogP contribution >= 0.6 is 0 Å². The molecule has 12 aromatic rings. The Bertz CT molecular complexity index is 5920. The molecule has 0 saturated heterocycles. The summed E-state index contributed by atoms with van der Waals surface area (Å²) in [4.78, 5) is 65.0. The molecule has 4 aromatic heterocycles. The molecule has 21 nitrogen and oxygen atoms in total. The molecule has 4 N–H and O–H groups in total. The highest BCUT2D eigenvalue weighted by molar-refractivity contribution is 7.93. The van der Waals surface area contributed by atoms with Crippen molar-refractivity contribution in [1.82, 2.24) is 15.0 Å². The Hall–Kier alpha value is -12.2. The maximum Gasteiger partial charge on any atom is 0.264 e. The van der Waals surface area contributed by atoms with E-state index in [0.29, 0.717) is 10.4 Å². The van der Waals surface area contributed by atoms with Crippen molar-refractivity contribution >= 4 is 86.0 Å². The minimum atomic E-state index is -3.88. The van der Waals surface area contributed by atoms with E-state index in [4.69, 9.17) is 0 Å². The van der Waals surface area contributed by atoms with E-state index < -0.39 is 45.9 Å². The lowest BCUT2D eigenvalue weighted by Crippen LogP contribution is -2.34. The first-order valence-corrected chi connectivity index (χ1v) is 51.9. The average molecular weight is 1900 g/mol. The van der Waals surface area contributed by atoms with Crippen molar-refractivity contribution in [3.05, 3.63) is 360 Å². The normalized spacial score (nSPS) is 9.74. The van der Waals surface area contributed by atoms with Crippen molar-refractivity contribution in [3.63, 3.8) is 0 Å². The molecule has 0 fully saturated rings. The van der Waals surface area contributed by atoms with Gasteiger partial charge in [-0.1, -0.05) is 256 Å². The van der Waals surface area contributed by atoms with Crippen molar-refractivity contribution in [2.24, 2.45) is 0 Å². The number of hydrogen-bond donors (Lipinski definition) is 4. The molecule has 12 rings (SSSR count). The summed E-state index contributed by atoms with van der Waals surface area (Å²) in [5.41, 5.74) is 12.9. The van der Waals surface area contributed by atoms with E-state index >= 15 is 0 Å². The molecule has 0 radical (unpaired) electrons. The van der Waals surface area contributed by atoms with E-state index in [1.165, 1.54) is 48.8 Å². The molecule has 0 aliphatic rings. The Morgan fingerprint density at radius 1 is 0.263 bits per heavy atom. The number of rotatable bonds is 20. The van der Waals surface area contributed by atoms with Crippen molar-refractivity contribution in [3.8, 4) is 0 Å². The number of aryl methyl sites for hydroxylation is 12. The summed E-state index contributed by atoms with van der Waals surface area (Å²) < 4.78 is 113. The smallest absolute Gasteiger partial charge is 0.264 e. The molecular weight excluding hydrogens is 1750 g/mol. The van der Waals surface area contributed by atoms with Crippen LogP contribution in [0.2, 0.25) is 0 Å². The minimum absolute atomic E-state index is 0.0825. The second-order valence-corrected chi connectivity index (χ2v) is 32.6. The Kier molecular flexibility index (Phi) is 64.9. The highest BCUT2D eigenvalue weighted by Crippen LogP contribution is 2.32. The number of pyridine rings is 4. The third-order valence-corrected chi connectivity index (χ3v) is 23.1. The largest absolute Gasteiger partial charge is 0.618 e. The second-order valence-electron chi connectivity index (χ2n) is 25.9. The summed E-state index contributed by atoms with van der Waals surface area (Å²) in [5.74, 6) is -1.53. The van der Waals surface area contributed by atoms with Gasteiger partial charge in [-0.3, -0.25) is 48.0 Å². The summed E-state index contributed by atoms with van der Waals surface area (Å²) in [6.07, 6.45) is 4.31. The zero-order valence-corrected chi connectivity index (χ0v) is 89.1. The molecule has 0 spiro atoms. The van der Waals surface area contributed by atoms with Gasteiger partial charge in [0.25, 0.3) is 51.6 Å². The lowest BCUT2D eigenvalue weighted by atomic mass is 9.98. The highest BCUT2D eigenvalue weighted by Gasteiger charge is 2.28. The highest BCUT2D eigenvalue weighted by atomic mass is 32.2. The van der Waals surface area contributed by atoms with Crippen molar-refractivity contribution in [2.45, 2.75) is 269 Å². The summed E-state index contributed by atoms with van der Waals surface area (Å²) in [7, 11) is -15.3. The SMILES string of the molecule is CC.CC.CC.CC.CC.CC.CC.CC.CC.CC.CC.CC.Cc1cc(NS(=O)(=O)c2ccccc2)c(C(=O)c2cccc[n+]2[O-])cc1C.Cc1cc(NS(=O)(=O)c2ccccc2)c(C(=O)c2ccccn2)cc1C.Cc1ccc(S(=O)(=O)Nc2cc(C)c(C)cc2C(=O)c2cccc(C)n2)cc1.Cc1ccc(S(=O)(=O)Nc2cc(C)c(C)cc2C(=O)c2ncccc2C)cc1. The van der Waals surface area contributed by atoms with Crippen LogP contribution < -0.4 is 23.6 Å². The van der Waals surface area contributed by atoms with Gasteiger partial charge in [0, 0.05) is 46.9 Å². The van der Waals surface area contributed by atoms with E-state index in [1.807, 2.05) is 235 Å². The molecule has 0 aliphatic heterocycles. The van der Waals surface area contributed by atoms with Crippen molar-refractivity contribution in [1.29, 1.82) is 0 Å². The first-order chi connectivity index (χ1) is 63.5. The summed E-state index contributed by atoms with van der Waals surface area (Å²) in [5, 5.41) is 12.0. The lowest BCUT2D eigenvalue weighted by molar-refractivity contribution is -0.607. The van der Waals surface area contributed by atoms with E-state index in [0.717, 1.165) is 66.9 Å². The molecule has 4 heterocycles. The molecule has 0 atom stereocenters. The van der Waals surface area contributed by atoms with Crippen LogP contribution in [0.3, 0.4) is 0 Å². The van der Waals surface area contributed by atoms with E-state index in [2.05, 4.69) is 33.8 Å². The molecule has 0 aliphatic carbocycles. The van der Waals surface area contributed by atoms with Crippen LogP contribution in [0.1, 0.15) is 297 Å². The number of benzene rings is 8. The van der Waals surface area contributed by atoms with Gasteiger partial charge in [-0.25, -0.2) is 38.7 Å². The van der Waals surface area contributed by atoms with Gasteiger partial charge in [-0.05, 0) is 267 Å². The van der Waals surface area contributed by atoms with Gasteiger partial charge in [0.2, 0.25) is 17.3 Å². The molecule has 0 unspecified atom stereocenters. The Morgan fingerprint density at radius 2 is 0.541 bits per heavy atom. The number of hydrogen-bond acceptors (Lipinski definition) is 16.